The van der Waals surface area contributed by atoms with Crippen molar-refractivity contribution >= 4 is 17.9 Å². The summed E-state index contributed by atoms with van der Waals surface area (Å²) in [4.78, 5) is 38.3. The maximum Gasteiger partial charge on any atom is 0.306 e. The molecule has 0 saturated carbocycles. The van der Waals surface area contributed by atoms with Gasteiger partial charge < -0.3 is 14.2 Å². The molecule has 0 rings (SSSR count). The smallest absolute Gasteiger partial charge is 0.306 e. The van der Waals surface area contributed by atoms with E-state index in [0.29, 0.717) is 19.3 Å². The Morgan fingerprint density at radius 1 is 0.304 bits per heavy atom. The summed E-state index contributed by atoms with van der Waals surface area (Å²) in [5, 5.41) is 0. The zero-order valence-corrected chi connectivity index (χ0v) is 47.5. The topological polar surface area (TPSA) is 78.9 Å². The Labute approximate surface area is 431 Å². The molecular weight excluding hydrogens is 853 g/mol. The minimum Gasteiger partial charge on any atom is -0.462 e. The second-order valence-electron chi connectivity index (χ2n) is 22.4. The molecule has 0 N–H and O–H groups in total. The fraction of sp³-hybridized carbons (Fsp3) is 0.952. The molecule has 0 spiro atoms. The number of hydrogen-bond donors (Lipinski definition) is 0. The van der Waals surface area contributed by atoms with E-state index in [1.165, 1.54) is 244 Å². The van der Waals surface area contributed by atoms with Gasteiger partial charge in [0.15, 0.2) is 6.10 Å². The van der Waals surface area contributed by atoms with Crippen molar-refractivity contribution in [3.8, 4) is 0 Å². The van der Waals surface area contributed by atoms with Crippen molar-refractivity contribution in [2.45, 2.75) is 362 Å². The van der Waals surface area contributed by atoms with E-state index in [0.717, 1.165) is 69.6 Å². The predicted octanol–water partition coefficient (Wildman–Crippen LogP) is 20.8. The summed E-state index contributed by atoms with van der Waals surface area (Å²) in [6.07, 6.45) is 60.9. The van der Waals surface area contributed by atoms with E-state index in [1.54, 1.807) is 0 Å². The van der Waals surface area contributed by atoms with E-state index in [1.807, 2.05) is 0 Å². The standard InChI is InChI=1S/C63H122O6/c1-6-8-9-10-11-12-13-14-23-28-33-38-43-48-53-61(64)67-56-60(57-68-62(65)54-49-44-39-34-29-24-20-19-22-27-32-37-42-47-52-59(5)7-2)69-63(66)55-50-45-40-35-30-25-18-16-15-17-21-26-31-36-41-46-51-58(3)4/h58-60H,6-57H2,1-5H3/t59?,60-/m1/s1. The monoisotopic (exact) mass is 975 g/mol. The van der Waals surface area contributed by atoms with Crippen LogP contribution in [-0.4, -0.2) is 37.2 Å². The molecule has 2 atom stereocenters. The molecule has 6 nitrogen and oxygen atoms in total. The van der Waals surface area contributed by atoms with Crippen molar-refractivity contribution in [1.82, 2.24) is 0 Å². The minimum atomic E-state index is -0.763. The predicted molar refractivity (Wildman–Crippen MR) is 298 cm³/mol. The van der Waals surface area contributed by atoms with Gasteiger partial charge in [0.05, 0.1) is 0 Å². The maximum absolute atomic E-state index is 12.9. The van der Waals surface area contributed by atoms with E-state index >= 15 is 0 Å². The van der Waals surface area contributed by atoms with E-state index in [4.69, 9.17) is 14.2 Å². The molecule has 0 aliphatic heterocycles. The van der Waals surface area contributed by atoms with E-state index < -0.39 is 6.10 Å². The van der Waals surface area contributed by atoms with Gasteiger partial charge in [0, 0.05) is 19.3 Å². The van der Waals surface area contributed by atoms with Crippen LogP contribution in [0, 0.1) is 11.8 Å². The first kappa shape index (κ1) is 67.4. The SMILES string of the molecule is CCCCCCCCCCCCCCCCC(=O)OC[C@H](COC(=O)CCCCCCCCCCCCCCCCC(C)CC)OC(=O)CCCCCCCCCCCCCCCCCCC(C)C. The van der Waals surface area contributed by atoms with E-state index in [9.17, 15) is 14.4 Å². The average molecular weight is 976 g/mol. The summed E-state index contributed by atoms with van der Waals surface area (Å²) in [7, 11) is 0. The molecule has 0 aromatic heterocycles. The molecule has 0 heterocycles. The van der Waals surface area contributed by atoms with Gasteiger partial charge in [0.2, 0.25) is 0 Å². The van der Waals surface area contributed by atoms with E-state index in [2.05, 4.69) is 34.6 Å². The lowest BCUT2D eigenvalue weighted by atomic mass is 9.99. The van der Waals surface area contributed by atoms with Crippen LogP contribution < -0.4 is 0 Å². The average Bonchev–Trinajstić information content (AvgIpc) is 3.34. The van der Waals surface area contributed by atoms with Crippen molar-refractivity contribution in [2.75, 3.05) is 13.2 Å². The fourth-order valence-corrected chi connectivity index (χ4v) is 9.73. The fourth-order valence-electron chi connectivity index (χ4n) is 9.73. The third-order valence-electron chi connectivity index (χ3n) is 14.8. The molecule has 0 aliphatic rings. The van der Waals surface area contributed by atoms with Gasteiger partial charge in [-0.3, -0.25) is 14.4 Å². The van der Waals surface area contributed by atoms with Crippen LogP contribution in [0.1, 0.15) is 356 Å². The van der Waals surface area contributed by atoms with Crippen molar-refractivity contribution in [3.63, 3.8) is 0 Å². The Hall–Kier alpha value is -1.59. The summed E-state index contributed by atoms with van der Waals surface area (Å²) in [6.45, 7) is 11.5. The number of esters is 3. The summed E-state index contributed by atoms with van der Waals surface area (Å²) in [5.41, 5.74) is 0. The summed E-state index contributed by atoms with van der Waals surface area (Å²) in [5.74, 6) is 0.915. The summed E-state index contributed by atoms with van der Waals surface area (Å²) >= 11 is 0. The van der Waals surface area contributed by atoms with E-state index in [-0.39, 0.29) is 31.1 Å². The zero-order chi connectivity index (χ0) is 50.4. The number of carbonyl (C=O) groups excluding carboxylic acids is 3. The highest BCUT2D eigenvalue weighted by Crippen LogP contribution is 2.19. The molecule has 0 fully saturated rings. The van der Waals surface area contributed by atoms with Gasteiger partial charge in [0.1, 0.15) is 13.2 Å². The van der Waals surface area contributed by atoms with Crippen molar-refractivity contribution in [2.24, 2.45) is 11.8 Å². The Bertz CT molecular complexity index is 1060. The van der Waals surface area contributed by atoms with Gasteiger partial charge in [-0.2, -0.15) is 0 Å². The van der Waals surface area contributed by atoms with Crippen LogP contribution in [0.3, 0.4) is 0 Å². The Morgan fingerprint density at radius 3 is 0.826 bits per heavy atom. The molecule has 1 unspecified atom stereocenters. The lowest BCUT2D eigenvalue weighted by Crippen LogP contribution is -2.30. The zero-order valence-electron chi connectivity index (χ0n) is 47.5. The third-order valence-corrected chi connectivity index (χ3v) is 14.8. The second-order valence-corrected chi connectivity index (χ2v) is 22.4. The van der Waals surface area contributed by atoms with Crippen LogP contribution in [-0.2, 0) is 28.6 Å². The summed E-state index contributed by atoms with van der Waals surface area (Å²) < 4.78 is 16.9. The summed E-state index contributed by atoms with van der Waals surface area (Å²) in [6, 6.07) is 0. The Kier molecular flexibility index (Phi) is 54.4. The molecule has 69 heavy (non-hydrogen) atoms. The molecule has 0 aromatic carbocycles. The van der Waals surface area contributed by atoms with Crippen LogP contribution in [0.25, 0.3) is 0 Å². The molecule has 0 saturated heterocycles. The molecule has 6 heteroatoms. The van der Waals surface area contributed by atoms with Gasteiger partial charge in [-0.1, -0.05) is 317 Å². The number of hydrogen-bond acceptors (Lipinski definition) is 6. The number of ether oxygens (including phenoxy) is 3. The number of unbranched alkanes of at least 4 members (excludes halogenated alkanes) is 41. The largest absolute Gasteiger partial charge is 0.462 e. The van der Waals surface area contributed by atoms with Crippen molar-refractivity contribution in [1.29, 1.82) is 0 Å². The lowest BCUT2D eigenvalue weighted by Gasteiger charge is -2.18. The van der Waals surface area contributed by atoms with Crippen LogP contribution in [0.4, 0.5) is 0 Å². The first-order chi connectivity index (χ1) is 33.8. The normalized spacial score (nSPS) is 12.4. The Morgan fingerprint density at radius 2 is 0.551 bits per heavy atom. The highest BCUT2D eigenvalue weighted by Gasteiger charge is 2.19. The molecule has 0 aliphatic carbocycles. The number of rotatable bonds is 57. The van der Waals surface area contributed by atoms with Crippen LogP contribution in [0.15, 0.2) is 0 Å². The van der Waals surface area contributed by atoms with Crippen molar-refractivity contribution < 1.29 is 28.6 Å². The van der Waals surface area contributed by atoms with Crippen molar-refractivity contribution in [3.05, 3.63) is 0 Å². The highest BCUT2D eigenvalue weighted by molar-refractivity contribution is 5.71. The van der Waals surface area contributed by atoms with Gasteiger partial charge in [-0.25, -0.2) is 0 Å². The van der Waals surface area contributed by atoms with Crippen LogP contribution >= 0.6 is 0 Å². The maximum atomic E-state index is 12.9. The Balaban J connectivity index is 4.28. The quantitative estimate of drug-likeness (QED) is 0.0343. The molecular formula is C63H122O6. The van der Waals surface area contributed by atoms with Gasteiger partial charge in [-0.15, -0.1) is 0 Å². The molecule has 0 aromatic rings. The lowest BCUT2D eigenvalue weighted by molar-refractivity contribution is -0.167. The first-order valence-corrected chi connectivity index (χ1v) is 31.3. The van der Waals surface area contributed by atoms with Crippen LogP contribution in [0.5, 0.6) is 0 Å². The minimum absolute atomic E-state index is 0.0620. The van der Waals surface area contributed by atoms with Gasteiger partial charge >= 0.3 is 17.9 Å². The molecule has 0 radical (unpaired) electrons. The third kappa shape index (κ3) is 55.6. The van der Waals surface area contributed by atoms with Gasteiger partial charge in [-0.05, 0) is 31.1 Å². The highest BCUT2D eigenvalue weighted by atomic mass is 16.6. The van der Waals surface area contributed by atoms with Crippen LogP contribution in [0.2, 0.25) is 0 Å². The first-order valence-electron chi connectivity index (χ1n) is 31.3. The number of carbonyl (C=O) groups is 3. The molecule has 410 valence electrons. The van der Waals surface area contributed by atoms with Gasteiger partial charge in [0.25, 0.3) is 0 Å². The second kappa shape index (κ2) is 55.7. The molecule has 0 bridgehead atoms. The molecule has 0 amide bonds.